The van der Waals surface area contributed by atoms with Gasteiger partial charge in [0.1, 0.15) is 0 Å². The molecule has 0 radical (unpaired) electrons. The molecule has 0 heterocycles. The molecule has 5 aromatic carbocycles. The summed E-state index contributed by atoms with van der Waals surface area (Å²) in [5.41, 5.74) is 14.5. The van der Waals surface area contributed by atoms with Gasteiger partial charge in [-0.1, -0.05) is 106 Å². The first-order chi connectivity index (χ1) is 23.1. The van der Waals surface area contributed by atoms with Crippen molar-refractivity contribution >= 4 is 35.1 Å². The molecule has 1 aliphatic carbocycles. The average Bonchev–Trinajstić information content (AvgIpc) is 3.71. The van der Waals surface area contributed by atoms with E-state index in [0.29, 0.717) is 0 Å². The van der Waals surface area contributed by atoms with Crippen molar-refractivity contribution in [2.75, 3.05) is 0 Å². The van der Waals surface area contributed by atoms with Gasteiger partial charge in [-0.2, -0.15) is 35.9 Å². The molecule has 0 nitrogen and oxygen atoms in total. The average molecular weight is 941 g/mol. The molecule has 0 N–H and O–H groups in total. The van der Waals surface area contributed by atoms with Crippen molar-refractivity contribution in [2.24, 2.45) is 0 Å². The second-order valence-electron chi connectivity index (χ2n) is 17.5. The first-order valence-electron chi connectivity index (χ1n) is 17.6. The van der Waals surface area contributed by atoms with E-state index in [4.69, 9.17) is 0 Å². The summed E-state index contributed by atoms with van der Waals surface area (Å²) in [7, 11) is 0. The second-order valence-corrected chi connectivity index (χ2v) is 20.6. The van der Waals surface area contributed by atoms with E-state index in [1.54, 1.807) is 0 Å². The van der Waals surface area contributed by atoms with Crippen LogP contribution >= 0.6 is 31.9 Å². The van der Waals surface area contributed by atoms with Gasteiger partial charge in [-0.15, -0.1) is 16.7 Å². The minimum atomic E-state index is 0. The summed E-state index contributed by atoms with van der Waals surface area (Å²) in [6, 6.07) is 38.3. The molecule has 6 rings (SSSR count). The predicted octanol–water partition coefficient (Wildman–Crippen LogP) is 7.99. The van der Waals surface area contributed by atoms with Crippen LogP contribution in [0, 0.1) is 6.07 Å². The third-order valence-corrected chi connectivity index (χ3v) is 11.5. The molecule has 0 spiro atoms. The van der Waals surface area contributed by atoms with E-state index >= 15 is 0 Å². The van der Waals surface area contributed by atoms with Gasteiger partial charge in [-0.25, -0.2) is 12.1 Å². The molecule has 0 amide bonds. The van der Waals surface area contributed by atoms with Crippen LogP contribution in [0.15, 0.2) is 106 Å². The summed E-state index contributed by atoms with van der Waals surface area (Å²) < 4.78 is 3.62. The van der Waals surface area contributed by atoms with Crippen LogP contribution in [0.3, 0.4) is 0 Å². The smallest absolute Gasteiger partial charge is 0.0129 e. The Morgan fingerprint density at radius 1 is 0.577 bits per heavy atom. The fraction of sp³-hybridized carbons (Fsp3) is 0.362. The molecule has 5 aromatic rings. The first-order valence-corrected chi connectivity index (χ1v) is 20.4. The maximum atomic E-state index is 3.90. The monoisotopic (exact) mass is 936 g/mol. The van der Waals surface area contributed by atoms with Crippen LogP contribution in [0.5, 0.6) is 0 Å². The second kappa shape index (κ2) is 18.4. The minimum absolute atomic E-state index is 0. The largest absolute Gasteiger partial charge is 1.00 e. The van der Waals surface area contributed by atoms with Crippen LogP contribution in [0.25, 0.3) is 11.1 Å². The molecule has 0 bridgehead atoms. The minimum Gasteiger partial charge on any atom is -1.00 e. The quantitative estimate of drug-likeness (QED) is 0.155. The number of benzene rings is 4. The van der Waals surface area contributed by atoms with Gasteiger partial charge in [-0.05, 0) is 39.4 Å². The van der Waals surface area contributed by atoms with Crippen LogP contribution in [0.1, 0.15) is 128 Å². The van der Waals surface area contributed by atoms with Crippen molar-refractivity contribution < 1.29 is 49.0 Å². The zero-order valence-electron chi connectivity index (χ0n) is 33.0. The number of halogens is 4. The van der Waals surface area contributed by atoms with Crippen molar-refractivity contribution in [3.05, 3.63) is 157 Å². The Kier molecular flexibility index (Phi) is 16.6. The Hall–Kier alpha value is -1.48. The van der Waals surface area contributed by atoms with Gasteiger partial charge in [-0.3, -0.25) is 0 Å². The summed E-state index contributed by atoms with van der Waals surface area (Å²) in [6.45, 7) is 28.0. The van der Waals surface area contributed by atoms with Crippen molar-refractivity contribution in [1.82, 2.24) is 0 Å². The van der Waals surface area contributed by atoms with Crippen LogP contribution in [-0.2, 0) is 52.3 Å². The van der Waals surface area contributed by atoms with Gasteiger partial charge in [0.05, 0.1) is 0 Å². The maximum Gasteiger partial charge on any atom is -0.0129 e. The maximum absolute atomic E-state index is 3.90. The number of hydrogen-bond donors (Lipinski definition) is 0. The van der Waals surface area contributed by atoms with Gasteiger partial charge < -0.3 is 24.8 Å². The molecule has 0 aliphatic heterocycles. The molecule has 0 fully saturated rings. The SMILES string of the molecule is Brc1ccc([C](=[Zr+2])c2ccc(Br)cc2)cc1.CC(C)(C)c1[c-]c2c(cc1C(C)(C)C)-c1cc(C(C)(C)C)c(C(C)(C)C)cc1C2.[Cl-].[Cl-].c1cc[cH-]c1. The topological polar surface area (TPSA) is 0 Å². The van der Waals surface area contributed by atoms with Crippen LogP contribution in [0.4, 0.5) is 0 Å². The third kappa shape index (κ3) is 12.0. The predicted molar refractivity (Wildman–Crippen MR) is 222 cm³/mol. The van der Waals surface area contributed by atoms with Gasteiger partial charge in [0.25, 0.3) is 0 Å². The van der Waals surface area contributed by atoms with Crippen molar-refractivity contribution in [3.8, 4) is 11.1 Å². The fourth-order valence-corrected chi connectivity index (χ4v) is 7.69. The molecule has 5 heteroatoms. The molecule has 1 aliphatic rings. The Labute approximate surface area is 359 Å². The number of hydrogen-bond acceptors (Lipinski definition) is 0. The Morgan fingerprint density at radius 2 is 0.981 bits per heavy atom. The van der Waals surface area contributed by atoms with Gasteiger partial charge >= 0.3 is 128 Å². The first kappa shape index (κ1) is 46.7. The molecule has 0 atom stereocenters. The van der Waals surface area contributed by atoms with E-state index < -0.39 is 0 Å². The normalized spacial score (nSPS) is 12.2. The van der Waals surface area contributed by atoms with Gasteiger partial charge in [0.15, 0.2) is 0 Å². The molecule has 0 saturated heterocycles. The summed E-state index contributed by atoms with van der Waals surface area (Å²) in [5.74, 6) is 0. The van der Waals surface area contributed by atoms with E-state index in [1.807, 2.05) is 30.3 Å². The van der Waals surface area contributed by atoms with Crippen molar-refractivity contribution in [2.45, 2.75) is 111 Å². The van der Waals surface area contributed by atoms with E-state index in [9.17, 15) is 0 Å². The summed E-state index contributed by atoms with van der Waals surface area (Å²) in [4.78, 5) is 0. The molecular weight excluding hydrogens is 886 g/mol. The molecule has 52 heavy (non-hydrogen) atoms. The zero-order valence-corrected chi connectivity index (χ0v) is 40.1. The zero-order chi connectivity index (χ0) is 37.2. The molecule has 0 saturated carbocycles. The van der Waals surface area contributed by atoms with Gasteiger partial charge in [0, 0.05) is 0 Å². The number of rotatable bonds is 2. The summed E-state index contributed by atoms with van der Waals surface area (Å²) in [6.07, 6.45) is 1.01. The van der Waals surface area contributed by atoms with Crippen molar-refractivity contribution in [3.63, 3.8) is 0 Å². The standard InChI is InChI=1S/C29H41.C13H8Br2.C5H5.2ClH.Zr/c1-26(2,3)22-14-18-13-19-15-23(27(4,5)6)25(29(10,11)12)17-21(19)20(18)16-24(22)28(7,8)9;14-12-5-1-10(2-6-12)9-11-3-7-13(15)8-4-11;1-2-4-5-3-1;;;/h14,16-17H,13H2,1-12H3;1-8H;1-5H;2*1H;/q-1;;-1;;;+2/p-2. The van der Waals surface area contributed by atoms with E-state index in [1.165, 1.54) is 83.1 Å². The number of fused-ring (bicyclic) bond motifs is 3. The van der Waals surface area contributed by atoms with Crippen LogP contribution in [0.2, 0.25) is 0 Å². The Balaban J connectivity index is 0.000000340. The van der Waals surface area contributed by atoms with E-state index in [0.717, 1.165) is 15.4 Å². The molecule has 0 unspecified atom stereocenters. The molecule has 0 aromatic heterocycles. The molecular formula is C47H54Br2Cl2Zr-2. The summed E-state index contributed by atoms with van der Waals surface area (Å²) in [5, 5.41) is 0. The fourth-order valence-electron chi connectivity index (χ4n) is 6.35. The Morgan fingerprint density at radius 3 is 1.35 bits per heavy atom. The van der Waals surface area contributed by atoms with E-state index in [-0.39, 0.29) is 46.5 Å². The summed E-state index contributed by atoms with van der Waals surface area (Å²) >= 11 is 8.34. The van der Waals surface area contributed by atoms with Crippen LogP contribution < -0.4 is 24.8 Å². The third-order valence-electron chi connectivity index (χ3n) is 9.06. The van der Waals surface area contributed by atoms with Gasteiger partial charge in [0.2, 0.25) is 0 Å². The molecule has 276 valence electrons. The van der Waals surface area contributed by atoms with E-state index in [2.05, 4.69) is 188 Å². The van der Waals surface area contributed by atoms with Crippen LogP contribution in [-0.4, -0.2) is 3.21 Å². The van der Waals surface area contributed by atoms with Crippen molar-refractivity contribution in [1.29, 1.82) is 0 Å². The Bertz CT molecular complexity index is 1770.